The lowest BCUT2D eigenvalue weighted by Gasteiger charge is -2.11. The second-order valence-corrected chi connectivity index (χ2v) is 6.35. The Morgan fingerprint density at radius 3 is 2.41 bits per heavy atom. The average Bonchev–Trinajstić information content (AvgIpc) is 2.69. The van der Waals surface area contributed by atoms with Crippen LogP contribution in [0.4, 0.5) is 5.69 Å². The summed E-state index contributed by atoms with van der Waals surface area (Å²) in [5.74, 6) is -0.223. The molecule has 4 rings (SSSR count). The van der Waals surface area contributed by atoms with Crippen molar-refractivity contribution < 1.29 is 4.79 Å². The second-order valence-electron chi connectivity index (χ2n) is 6.35. The maximum absolute atomic E-state index is 12.6. The molecule has 4 aromatic rings. The molecule has 0 spiro atoms. The highest BCUT2D eigenvalue weighted by atomic mass is 16.2. The van der Waals surface area contributed by atoms with E-state index in [0.29, 0.717) is 5.56 Å². The molecule has 4 heteroatoms. The van der Waals surface area contributed by atoms with Gasteiger partial charge in [0, 0.05) is 22.3 Å². The lowest BCUT2D eigenvalue weighted by molar-refractivity contribution is -0.115. The van der Waals surface area contributed by atoms with Crippen LogP contribution in [0.3, 0.4) is 0 Å². The molecule has 0 aliphatic rings. The number of carbonyl (C=O) groups is 1. The van der Waals surface area contributed by atoms with E-state index in [2.05, 4.69) is 10.3 Å². The summed E-state index contributed by atoms with van der Waals surface area (Å²) in [6.07, 6.45) is 0.0172. The van der Waals surface area contributed by atoms with Gasteiger partial charge >= 0.3 is 0 Å². The van der Waals surface area contributed by atoms with E-state index in [1.807, 2.05) is 78.9 Å². The number of rotatable bonds is 4. The lowest BCUT2D eigenvalue weighted by Crippen LogP contribution is -2.21. The fourth-order valence-corrected chi connectivity index (χ4v) is 3.15. The monoisotopic (exact) mass is 354 g/mol. The minimum absolute atomic E-state index is 0.0172. The highest BCUT2D eigenvalue weighted by Crippen LogP contribution is 2.27. The molecule has 132 valence electrons. The van der Waals surface area contributed by atoms with Crippen molar-refractivity contribution in [1.29, 1.82) is 0 Å². The van der Waals surface area contributed by atoms with Crippen molar-refractivity contribution in [3.63, 3.8) is 0 Å². The van der Waals surface area contributed by atoms with Gasteiger partial charge in [0.15, 0.2) is 0 Å². The molecular weight excluding hydrogens is 336 g/mol. The summed E-state index contributed by atoms with van der Waals surface area (Å²) in [5, 5.41) is 3.85. The summed E-state index contributed by atoms with van der Waals surface area (Å²) in [6.45, 7) is 0. The Bertz CT molecular complexity index is 1160. The van der Waals surface area contributed by atoms with E-state index in [4.69, 9.17) is 0 Å². The normalized spacial score (nSPS) is 10.7. The first-order valence-electron chi connectivity index (χ1n) is 8.76. The number of fused-ring (bicyclic) bond motifs is 1. The fraction of sp³-hybridized carbons (Fsp3) is 0.0435. The summed E-state index contributed by atoms with van der Waals surface area (Å²) in [5.41, 5.74) is 3.67. The van der Waals surface area contributed by atoms with E-state index >= 15 is 0 Å². The van der Waals surface area contributed by atoms with E-state index in [-0.39, 0.29) is 17.9 Å². The van der Waals surface area contributed by atoms with Crippen LogP contribution < -0.4 is 10.9 Å². The Hall–Kier alpha value is -3.66. The smallest absolute Gasteiger partial charge is 0.252 e. The maximum Gasteiger partial charge on any atom is 0.252 e. The van der Waals surface area contributed by atoms with Gasteiger partial charge in [0.2, 0.25) is 5.91 Å². The van der Waals surface area contributed by atoms with Crippen LogP contribution in [-0.4, -0.2) is 10.9 Å². The number of hydrogen-bond donors (Lipinski definition) is 2. The van der Waals surface area contributed by atoms with Gasteiger partial charge in [0.05, 0.1) is 6.42 Å². The number of H-pyrrole nitrogens is 1. The van der Waals surface area contributed by atoms with E-state index in [1.165, 1.54) is 0 Å². The standard InChI is InChI=1S/C23H18N2O2/c26-22(15-18-14-17-10-4-6-12-20(17)25-23(18)27)24-21-13-7-5-11-19(21)16-8-2-1-3-9-16/h1-14H,15H2,(H,24,26)(H,25,27). The molecule has 0 unspecified atom stereocenters. The molecule has 0 atom stereocenters. The number of aromatic nitrogens is 1. The summed E-state index contributed by atoms with van der Waals surface area (Å²) < 4.78 is 0. The molecule has 0 bridgehead atoms. The first-order valence-corrected chi connectivity index (χ1v) is 8.76. The van der Waals surface area contributed by atoms with E-state index < -0.39 is 0 Å². The van der Waals surface area contributed by atoms with Gasteiger partial charge in [-0.25, -0.2) is 0 Å². The van der Waals surface area contributed by atoms with Crippen molar-refractivity contribution in [3.8, 4) is 11.1 Å². The van der Waals surface area contributed by atoms with E-state index in [1.54, 1.807) is 6.07 Å². The number of aromatic amines is 1. The molecule has 1 heterocycles. The van der Waals surface area contributed by atoms with Crippen molar-refractivity contribution >= 4 is 22.5 Å². The van der Waals surface area contributed by atoms with Gasteiger partial charge in [-0.05, 0) is 29.1 Å². The molecule has 3 aromatic carbocycles. The molecular formula is C23H18N2O2. The molecule has 4 nitrogen and oxygen atoms in total. The summed E-state index contributed by atoms with van der Waals surface area (Å²) in [6, 6.07) is 26.8. The minimum Gasteiger partial charge on any atom is -0.325 e. The quantitative estimate of drug-likeness (QED) is 0.571. The van der Waals surface area contributed by atoms with Gasteiger partial charge in [0.1, 0.15) is 0 Å². The average molecular weight is 354 g/mol. The Morgan fingerprint density at radius 1 is 0.852 bits per heavy atom. The fourth-order valence-electron chi connectivity index (χ4n) is 3.15. The van der Waals surface area contributed by atoms with Gasteiger partial charge in [0.25, 0.3) is 5.56 Å². The Morgan fingerprint density at radius 2 is 1.56 bits per heavy atom. The van der Waals surface area contributed by atoms with E-state index in [9.17, 15) is 9.59 Å². The van der Waals surface area contributed by atoms with Crippen molar-refractivity contribution in [2.75, 3.05) is 5.32 Å². The van der Waals surface area contributed by atoms with Crippen molar-refractivity contribution in [3.05, 3.63) is 101 Å². The number of para-hydroxylation sites is 2. The van der Waals surface area contributed by atoms with Gasteiger partial charge in [-0.1, -0.05) is 66.7 Å². The number of carbonyl (C=O) groups excluding carboxylic acids is 1. The molecule has 1 aromatic heterocycles. The Kier molecular flexibility index (Phi) is 4.54. The molecule has 1 amide bonds. The summed E-state index contributed by atoms with van der Waals surface area (Å²) >= 11 is 0. The first-order chi connectivity index (χ1) is 13.2. The molecule has 0 fully saturated rings. The number of amides is 1. The van der Waals surface area contributed by atoms with Crippen LogP contribution in [0.5, 0.6) is 0 Å². The van der Waals surface area contributed by atoms with Gasteiger partial charge in [-0.15, -0.1) is 0 Å². The lowest BCUT2D eigenvalue weighted by atomic mass is 10.0. The SMILES string of the molecule is O=C(Cc1cc2ccccc2[nH]c1=O)Nc1ccccc1-c1ccccc1. The maximum atomic E-state index is 12.6. The molecule has 0 saturated heterocycles. The molecule has 2 N–H and O–H groups in total. The molecule has 0 saturated carbocycles. The highest BCUT2D eigenvalue weighted by Gasteiger charge is 2.11. The molecule has 0 aliphatic carbocycles. The number of pyridine rings is 1. The van der Waals surface area contributed by atoms with Crippen molar-refractivity contribution in [1.82, 2.24) is 4.98 Å². The van der Waals surface area contributed by atoms with Crippen LogP contribution in [0.15, 0.2) is 89.7 Å². The largest absolute Gasteiger partial charge is 0.325 e. The zero-order valence-electron chi connectivity index (χ0n) is 14.6. The third-order valence-electron chi connectivity index (χ3n) is 4.47. The first kappa shape index (κ1) is 16.8. The molecule has 0 radical (unpaired) electrons. The van der Waals surface area contributed by atoms with Crippen LogP contribution in [0, 0.1) is 0 Å². The summed E-state index contributed by atoms with van der Waals surface area (Å²) in [4.78, 5) is 27.7. The van der Waals surface area contributed by atoms with Gasteiger partial charge < -0.3 is 10.3 Å². The number of benzene rings is 3. The van der Waals surface area contributed by atoms with Gasteiger partial charge in [-0.2, -0.15) is 0 Å². The molecule has 27 heavy (non-hydrogen) atoms. The third-order valence-corrected chi connectivity index (χ3v) is 4.47. The van der Waals surface area contributed by atoms with Crippen LogP contribution in [0.2, 0.25) is 0 Å². The third kappa shape index (κ3) is 3.65. The minimum atomic E-state index is -0.236. The van der Waals surface area contributed by atoms with Crippen LogP contribution in [0.1, 0.15) is 5.56 Å². The number of hydrogen-bond acceptors (Lipinski definition) is 2. The Labute approximate surface area is 156 Å². The topological polar surface area (TPSA) is 62.0 Å². The summed E-state index contributed by atoms with van der Waals surface area (Å²) in [7, 11) is 0. The van der Waals surface area contributed by atoms with Crippen LogP contribution in [0.25, 0.3) is 22.0 Å². The zero-order valence-corrected chi connectivity index (χ0v) is 14.6. The Balaban J connectivity index is 1.59. The van der Waals surface area contributed by atoms with Crippen LogP contribution in [-0.2, 0) is 11.2 Å². The van der Waals surface area contributed by atoms with Gasteiger partial charge in [-0.3, -0.25) is 9.59 Å². The second kappa shape index (κ2) is 7.30. The van der Waals surface area contributed by atoms with E-state index in [0.717, 1.165) is 27.7 Å². The number of nitrogens with one attached hydrogen (secondary N) is 2. The van der Waals surface area contributed by atoms with Crippen molar-refractivity contribution in [2.45, 2.75) is 6.42 Å². The molecule has 0 aliphatic heterocycles. The predicted octanol–water partition coefficient (Wildman–Crippen LogP) is 4.38. The zero-order chi connectivity index (χ0) is 18.6. The number of anilines is 1. The predicted molar refractivity (Wildman–Crippen MR) is 109 cm³/mol. The van der Waals surface area contributed by atoms with Crippen molar-refractivity contribution in [2.24, 2.45) is 0 Å². The van der Waals surface area contributed by atoms with Crippen LogP contribution >= 0.6 is 0 Å². The highest BCUT2D eigenvalue weighted by molar-refractivity contribution is 5.96.